The molecular formula is C9H17NOS. The maximum absolute atomic E-state index is 9.34. The summed E-state index contributed by atoms with van der Waals surface area (Å²) in [5, 5.41) is 9.34. The lowest BCUT2D eigenvalue weighted by Crippen LogP contribution is -2.42. The largest absolute Gasteiger partial charge is 0.393 e. The van der Waals surface area contributed by atoms with Gasteiger partial charge in [0.2, 0.25) is 0 Å². The monoisotopic (exact) mass is 187 g/mol. The second kappa shape index (κ2) is 3.99. The third-order valence-corrected chi connectivity index (χ3v) is 4.07. The van der Waals surface area contributed by atoms with E-state index in [0.29, 0.717) is 0 Å². The van der Waals surface area contributed by atoms with Crippen LogP contribution in [0.5, 0.6) is 0 Å². The van der Waals surface area contributed by atoms with Gasteiger partial charge in [0.1, 0.15) is 0 Å². The first-order valence-electron chi connectivity index (χ1n) is 4.86. The Labute approximate surface area is 78.3 Å². The van der Waals surface area contributed by atoms with Gasteiger partial charge >= 0.3 is 0 Å². The van der Waals surface area contributed by atoms with Crippen molar-refractivity contribution in [1.82, 2.24) is 4.90 Å². The van der Waals surface area contributed by atoms with E-state index in [2.05, 4.69) is 16.7 Å². The molecule has 0 aromatic rings. The molecule has 1 N–H and O–H groups in total. The number of piperidine rings is 1. The summed E-state index contributed by atoms with van der Waals surface area (Å²) >= 11 is 2.07. The molecule has 0 aliphatic carbocycles. The Kier molecular flexibility index (Phi) is 2.94. The summed E-state index contributed by atoms with van der Waals surface area (Å²) in [7, 11) is 0. The number of hydrogen-bond acceptors (Lipinski definition) is 3. The van der Waals surface area contributed by atoms with Crippen LogP contribution in [0.3, 0.4) is 0 Å². The van der Waals surface area contributed by atoms with Crippen LogP contribution in [0.15, 0.2) is 0 Å². The van der Waals surface area contributed by atoms with E-state index < -0.39 is 0 Å². The molecule has 2 aliphatic heterocycles. The van der Waals surface area contributed by atoms with Crippen molar-refractivity contribution in [2.45, 2.75) is 31.4 Å². The highest BCUT2D eigenvalue weighted by atomic mass is 32.2. The van der Waals surface area contributed by atoms with Gasteiger partial charge in [-0.2, -0.15) is 11.8 Å². The fourth-order valence-corrected chi connectivity index (χ4v) is 3.32. The molecule has 0 saturated carbocycles. The number of likely N-dealkylation sites (tertiary alicyclic amines) is 1. The first-order valence-corrected chi connectivity index (χ1v) is 6.01. The number of aliphatic hydroxyl groups excluding tert-OH is 1. The average Bonchev–Trinajstić information content (AvgIpc) is 2.58. The molecule has 2 nitrogen and oxygen atoms in total. The van der Waals surface area contributed by atoms with Gasteiger partial charge in [0.15, 0.2) is 0 Å². The van der Waals surface area contributed by atoms with E-state index in [-0.39, 0.29) is 6.10 Å². The third-order valence-electron chi connectivity index (χ3n) is 2.92. The van der Waals surface area contributed by atoms with Gasteiger partial charge in [-0.3, -0.25) is 4.90 Å². The molecule has 1 atom stereocenters. The first kappa shape index (κ1) is 8.85. The van der Waals surface area contributed by atoms with Gasteiger partial charge < -0.3 is 5.11 Å². The molecule has 0 bridgehead atoms. The molecule has 12 heavy (non-hydrogen) atoms. The summed E-state index contributed by atoms with van der Waals surface area (Å²) in [6.07, 6.45) is 3.32. The Morgan fingerprint density at radius 1 is 1.17 bits per heavy atom. The minimum atomic E-state index is -0.0182. The summed E-state index contributed by atoms with van der Waals surface area (Å²) in [6.45, 7) is 2.23. The quantitative estimate of drug-likeness (QED) is 0.661. The van der Waals surface area contributed by atoms with Crippen molar-refractivity contribution >= 4 is 11.8 Å². The minimum Gasteiger partial charge on any atom is -0.393 e. The first-order chi connectivity index (χ1) is 5.86. The van der Waals surface area contributed by atoms with Crippen LogP contribution in [0.4, 0.5) is 0 Å². The van der Waals surface area contributed by atoms with Crippen LogP contribution in [0.25, 0.3) is 0 Å². The van der Waals surface area contributed by atoms with Crippen LogP contribution in [0.1, 0.15) is 19.3 Å². The highest BCUT2D eigenvalue weighted by Crippen LogP contribution is 2.24. The van der Waals surface area contributed by atoms with Crippen molar-refractivity contribution in [3.05, 3.63) is 0 Å². The summed E-state index contributed by atoms with van der Waals surface area (Å²) in [6, 6.07) is 0.822. The minimum absolute atomic E-state index is 0.0182. The SMILES string of the molecule is OC1CCN(C2CCSC2)CC1. The van der Waals surface area contributed by atoms with E-state index in [4.69, 9.17) is 0 Å². The highest BCUT2D eigenvalue weighted by Gasteiger charge is 2.26. The average molecular weight is 187 g/mol. The summed E-state index contributed by atoms with van der Waals surface area (Å²) in [5.74, 6) is 2.65. The molecule has 2 rings (SSSR count). The fourth-order valence-electron chi connectivity index (χ4n) is 2.06. The van der Waals surface area contributed by atoms with E-state index in [1.54, 1.807) is 0 Å². The molecule has 2 fully saturated rings. The number of nitrogens with zero attached hydrogens (tertiary/aromatic N) is 1. The second-order valence-corrected chi connectivity index (χ2v) is 4.93. The Morgan fingerprint density at radius 3 is 2.50 bits per heavy atom. The standard InChI is InChI=1S/C9H17NOS/c11-9-1-4-10(5-2-9)8-3-6-12-7-8/h8-9,11H,1-7H2. The topological polar surface area (TPSA) is 23.5 Å². The third kappa shape index (κ3) is 1.95. The Hall–Kier alpha value is 0.270. The zero-order valence-electron chi connectivity index (χ0n) is 7.41. The van der Waals surface area contributed by atoms with Gasteiger partial charge in [0.25, 0.3) is 0 Å². The molecule has 2 aliphatic rings. The smallest absolute Gasteiger partial charge is 0.0564 e. The van der Waals surface area contributed by atoms with Crippen molar-refractivity contribution in [2.24, 2.45) is 0 Å². The van der Waals surface area contributed by atoms with Crippen LogP contribution >= 0.6 is 11.8 Å². The lowest BCUT2D eigenvalue weighted by Gasteiger charge is -2.33. The van der Waals surface area contributed by atoms with Crippen LogP contribution in [0.2, 0.25) is 0 Å². The van der Waals surface area contributed by atoms with Gasteiger partial charge in [-0.1, -0.05) is 0 Å². The number of hydrogen-bond donors (Lipinski definition) is 1. The lowest BCUT2D eigenvalue weighted by molar-refractivity contribution is 0.0663. The molecule has 0 radical (unpaired) electrons. The van der Waals surface area contributed by atoms with Gasteiger partial charge in [-0.25, -0.2) is 0 Å². The van der Waals surface area contributed by atoms with Crippen molar-refractivity contribution in [1.29, 1.82) is 0 Å². The van der Waals surface area contributed by atoms with Crippen molar-refractivity contribution in [2.75, 3.05) is 24.6 Å². The maximum atomic E-state index is 9.34. The summed E-state index contributed by atoms with van der Waals surface area (Å²) in [5.41, 5.74) is 0. The molecular weight excluding hydrogens is 170 g/mol. The van der Waals surface area contributed by atoms with Crippen molar-refractivity contribution in [3.8, 4) is 0 Å². The molecule has 1 unspecified atom stereocenters. The molecule has 2 heterocycles. The molecule has 0 aromatic heterocycles. The van der Waals surface area contributed by atoms with Crippen LogP contribution in [-0.2, 0) is 0 Å². The number of aliphatic hydroxyl groups is 1. The van der Waals surface area contributed by atoms with Gasteiger partial charge in [-0.05, 0) is 25.0 Å². The fraction of sp³-hybridized carbons (Fsp3) is 1.00. The Morgan fingerprint density at radius 2 is 1.92 bits per heavy atom. The summed E-state index contributed by atoms with van der Waals surface area (Å²) < 4.78 is 0. The van der Waals surface area contributed by atoms with E-state index in [1.165, 1.54) is 17.9 Å². The molecule has 70 valence electrons. The van der Waals surface area contributed by atoms with Crippen molar-refractivity contribution in [3.63, 3.8) is 0 Å². The van der Waals surface area contributed by atoms with Crippen LogP contribution in [-0.4, -0.2) is 46.7 Å². The molecule has 3 heteroatoms. The maximum Gasteiger partial charge on any atom is 0.0564 e. The Balaban J connectivity index is 1.80. The molecule has 0 aromatic carbocycles. The van der Waals surface area contributed by atoms with Crippen LogP contribution < -0.4 is 0 Å². The molecule has 0 spiro atoms. The van der Waals surface area contributed by atoms with E-state index in [0.717, 1.165) is 32.0 Å². The number of rotatable bonds is 1. The van der Waals surface area contributed by atoms with E-state index >= 15 is 0 Å². The zero-order chi connectivity index (χ0) is 8.39. The lowest BCUT2D eigenvalue weighted by atomic mass is 10.1. The second-order valence-electron chi connectivity index (χ2n) is 3.78. The van der Waals surface area contributed by atoms with E-state index in [9.17, 15) is 5.11 Å². The van der Waals surface area contributed by atoms with Gasteiger partial charge in [0.05, 0.1) is 6.10 Å². The van der Waals surface area contributed by atoms with Gasteiger partial charge in [0, 0.05) is 24.9 Å². The molecule has 2 saturated heterocycles. The zero-order valence-corrected chi connectivity index (χ0v) is 8.22. The van der Waals surface area contributed by atoms with Crippen molar-refractivity contribution < 1.29 is 5.11 Å². The Bertz CT molecular complexity index is 139. The van der Waals surface area contributed by atoms with Gasteiger partial charge in [-0.15, -0.1) is 0 Å². The highest BCUT2D eigenvalue weighted by molar-refractivity contribution is 7.99. The molecule has 0 amide bonds. The number of thioether (sulfide) groups is 1. The van der Waals surface area contributed by atoms with E-state index in [1.807, 2.05) is 0 Å². The normalized spacial score (nSPS) is 34.2. The van der Waals surface area contributed by atoms with Crippen LogP contribution in [0, 0.1) is 0 Å². The predicted octanol–water partition coefficient (Wildman–Crippen LogP) is 0.949. The summed E-state index contributed by atoms with van der Waals surface area (Å²) in [4.78, 5) is 2.56. The predicted molar refractivity (Wildman–Crippen MR) is 52.5 cm³/mol.